The van der Waals surface area contributed by atoms with Crippen molar-refractivity contribution in [2.24, 2.45) is 0 Å². The molecule has 0 aliphatic rings. The molecule has 0 aliphatic heterocycles. The Bertz CT molecular complexity index is 1390. The highest BCUT2D eigenvalue weighted by atomic mass is 32.2. The number of imidazole rings is 1. The van der Waals surface area contributed by atoms with E-state index in [1.54, 1.807) is 44.4 Å². The third kappa shape index (κ3) is 5.41. The summed E-state index contributed by atoms with van der Waals surface area (Å²) in [5.74, 6) is 1.09. The van der Waals surface area contributed by atoms with E-state index in [0.29, 0.717) is 47.4 Å². The molecule has 0 amide bonds. The maximum Gasteiger partial charge on any atom is 0.416 e. The van der Waals surface area contributed by atoms with E-state index in [4.69, 9.17) is 4.42 Å². The van der Waals surface area contributed by atoms with Crippen LogP contribution in [-0.4, -0.2) is 35.4 Å². The van der Waals surface area contributed by atoms with Crippen molar-refractivity contribution >= 4 is 32.8 Å². The summed E-state index contributed by atoms with van der Waals surface area (Å²) in [5.41, 5.74) is 1.26. The Labute approximate surface area is 205 Å². The highest BCUT2D eigenvalue weighted by Gasteiger charge is 2.30. The van der Waals surface area contributed by atoms with Gasteiger partial charge < -0.3 is 8.98 Å². The second kappa shape index (κ2) is 10.1. The van der Waals surface area contributed by atoms with Gasteiger partial charge in [0.1, 0.15) is 5.76 Å². The molecule has 35 heavy (non-hydrogen) atoms. The van der Waals surface area contributed by atoms with E-state index < -0.39 is 21.8 Å². The molecule has 0 atom stereocenters. The van der Waals surface area contributed by atoms with Crippen molar-refractivity contribution in [2.45, 2.75) is 42.4 Å². The fraction of sp³-hybridized carbons (Fsp3) is 0.292. The van der Waals surface area contributed by atoms with Gasteiger partial charge in [-0.05, 0) is 48.0 Å². The summed E-state index contributed by atoms with van der Waals surface area (Å²) in [6, 6.07) is 13.5. The number of sulfonamides is 1. The third-order valence-electron chi connectivity index (χ3n) is 5.57. The number of fused-ring (bicyclic) bond motifs is 1. The van der Waals surface area contributed by atoms with E-state index in [1.807, 2.05) is 10.6 Å². The van der Waals surface area contributed by atoms with Gasteiger partial charge in [-0.2, -0.15) is 17.5 Å². The molecular formula is C24H24F3N3O3S2. The van der Waals surface area contributed by atoms with Gasteiger partial charge in [-0.3, -0.25) is 0 Å². The number of furan rings is 1. The topological polar surface area (TPSA) is 68.3 Å². The lowest BCUT2D eigenvalue weighted by molar-refractivity contribution is -0.137. The van der Waals surface area contributed by atoms with Crippen LogP contribution in [0, 0.1) is 0 Å². The molecule has 0 unspecified atom stereocenters. The van der Waals surface area contributed by atoms with Gasteiger partial charge in [-0.25, -0.2) is 13.4 Å². The van der Waals surface area contributed by atoms with Gasteiger partial charge in [-0.15, -0.1) is 0 Å². The number of hydrogen-bond acceptors (Lipinski definition) is 5. The van der Waals surface area contributed by atoms with Crippen LogP contribution in [-0.2, 0) is 28.5 Å². The monoisotopic (exact) mass is 523 g/mol. The van der Waals surface area contributed by atoms with Gasteiger partial charge in [0.2, 0.25) is 10.0 Å². The lowest BCUT2D eigenvalue weighted by Gasteiger charge is -2.18. The summed E-state index contributed by atoms with van der Waals surface area (Å²) in [6.45, 7) is 4.67. The molecule has 0 N–H and O–H groups in total. The molecule has 4 aromatic rings. The minimum atomic E-state index is -4.38. The molecule has 0 bridgehead atoms. The quantitative estimate of drug-likeness (QED) is 0.251. The molecular weight excluding hydrogens is 499 g/mol. The normalized spacial score (nSPS) is 12.6. The van der Waals surface area contributed by atoms with Crippen LogP contribution >= 0.6 is 11.8 Å². The second-order valence-corrected chi connectivity index (χ2v) is 10.7. The maximum atomic E-state index is 13.0. The Hall–Kier alpha value is -2.76. The lowest BCUT2D eigenvalue weighted by atomic mass is 10.1. The molecule has 0 spiro atoms. The Morgan fingerprint density at radius 2 is 1.77 bits per heavy atom. The third-order valence-corrected chi connectivity index (χ3v) is 8.66. The van der Waals surface area contributed by atoms with Gasteiger partial charge in [0.25, 0.3) is 0 Å². The molecule has 0 aliphatic carbocycles. The first-order valence-electron chi connectivity index (χ1n) is 10.9. The molecule has 0 saturated carbocycles. The zero-order valence-corrected chi connectivity index (χ0v) is 20.8. The SMILES string of the molecule is CCN(CC)S(=O)(=O)c1ccc2c(c1)nc(SCc1ccc(C(F)(F)F)cc1)n2Cc1ccco1. The highest BCUT2D eigenvalue weighted by Crippen LogP contribution is 2.32. The maximum absolute atomic E-state index is 13.0. The van der Waals surface area contributed by atoms with Crippen molar-refractivity contribution in [3.8, 4) is 0 Å². The van der Waals surface area contributed by atoms with Crippen molar-refractivity contribution in [2.75, 3.05) is 13.1 Å². The Kier molecular flexibility index (Phi) is 7.30. The zero-order valence-electron chi connectivity index (χ0n) is 19.1. The number of rotatable bonds is 9. The Balaban J connectivity index is 1.68. The smallest absolute Gasteiger partial charge is 0.416 e. The lowest BCUT2D eigenvalue weighted by Crippen LogP contribution is -2.30. The number of alkyl halides is 3. The van der Waals surface area contributed by atoms with Crippen LogP contribution in [0.3, 0.4) is 0 Å². The van der Waals surface area contributed by atoms with E-state index in [-0.39, 0.29) is 4.90 Å². The number of hydrogen-bond donors (Lipinski definition) is 0. The molecule has 0 fully saturated rings. The summed E-state index contributed by atoms with van der Waals surface area (Å²) in [6.07, 6.45) is -2.82. The van der Waals surface area contributed by atoms with Gasteiger partial charge in [0.15, 0.2) is 5.16 Å². The predicted molar refractivity (Wildman–Crippen MR) is 129 cm³/mol. The first-order chi connectivity index (χ1) is 16.6. The van der Waals surface area contributed by atoms with Gasteiger partial charge in [0, 0.05) is 18.8 Å². The summed E-state index contributed by atoms with van der Waals surface area (Å²) >= 11 is 1.36. The van der Waals surface area contributed by atoms with E-state index >= 15 is 0 Å². The van der Waals surface area contributed by atoms with E-state index in [9.17, 15) is 21.6 Å². The average molecular weight is 524 g/mol. The fourth-order valence-electron chi connectivity index (χ4n) is 3.72. The van der Waals surface area contributed by atoms with Gasteiger partial charge in [0.05, 0.1) is 34.3 Å². The predicted octanol–water partition coefficient (Wildman–Crippen LogP) is 6.02. The van der Waals surface area contributed by atoms with Gasteiger partial charge >= 0.3 is 6.18 Å². The van der Waals surface area contributed by atoms with E-state index in [1.165, 1.54) is 28.2 Å². The molecule has 0 saturated heterocycles. The van der Waals surface area contributed by atoms with Crippen molar-refractivity contribution in [1.82, 2.24) is 13.9 Å². The minimum absolute atomic E-state index is 0.163. The van der Waals surface area contributed by atoms with E-state index in [2.05, 4.69) is 4.98 Å². The van der Waals surface area contributed by atoms with Crippen LogP contribution in [0.1, 0.15) is 30.7 Å². The van der Waals surface area contributed by atoms with Crippen molar-refractivity contribution in [1.29, 1.82) is 0 Å². The fourth-order valence-corrected chi connectivity index (χ4v) is 6.17. The highest BCUT2D eigenvalue weighted by molar-refractivity contribution is 7.98. The van der Waals surface area contributed by atoms with Crippen molar-refractivity contribution < 1.29 is 26.0 Å². The van der Waals surface area contributed by atoms with Crippen LogP contribution in [0.4, 0.5) is 13.2 Å². The van der Waals surface area contributed by atoms with Crippen LogP contribution in [0.2, 0.25) is 0 Å². The summed E-state index contributed by atoms with van der Waals surface area (Å²) in [4.78, 5) is 4.83. The number of nitrogens with zero attached hydrogens (tertiary/aromatic N) is 3. The molecule has 11 heteroatoms. The largest absolute Gasteiger partial charge is 0.467 e. The number of benzene rings is 2. The molecule has 4 rings (SSSR count). The number of aromatic nitrogens is 2. The molecule has 2 heterocycles. The summed E-state index contributed by atoms with van der Waals surface area (Å²) < 4.78 is 73.3. The molecule has 0 radical (unpaired) electrons. The second-order valence-electron chi connectivity index (χ2n) is 7.78. The molecule has 186 valence electrons. The van der Waals surface area contributed by atoms with Crippen LogP contribution in [0.25, 0.3) is 11.0 Å². The standard InChI is InChI=1S/C24H24F3N3O3S2/c1-3-29(4-2)35(31,32)20-11-12-22-21(14-20)28-23(30(22)15-19-6-5-13-33-19)34-16-17-7-9-18(10-8-17)24(25,26)27/h5-14H,3-4,15-16H2,1-2H3. The first-order valence-corrected chi connectivity index (χ1v) is 13.4. The van der Waals surface area contributed by atoms with Crippen LogP contribution in [0.15, 0.2) is 75.3 Å². The molecule has 2 aromatic heterocycles. The molecule has 6 nitrogen and oxygen atoms in total. The molecule has 2 aromatic carbocycles. The van der Waals surface area contributed by atoms with Gasteiger partial charge in [-0.1, -0.05) is 37.7 Å². The van der Waals surface area contributed by atoms with Crippen LogP contribution < -0.4 is 0 Å². The minimum Gasteiger partial charge on any atom is -0.467 e. The Morgan fingerprint density at radius 3 is 2.37 bits per heavy atom. The van der Waals surface area contributed by atoms with Crippen LogP contribution in [0.5, 0.6) is 0 Å². The van der Waals surface area contributed by atoms with Crippen molar-refractivity contribution in [3.05, 3.63) is 77.7 Å². The Morgan fingerprint density at radius 1 is 1.06 bits per heavy atom. The average Bonchev–Trinajstić information content (AvgIpc) is 3.46. The first kappa shape index (κ1) is 25.3. The number of thioether (sulfide) groups is 1. The summed E-state index contributed by atoms with van der Waals surface area (Å²) in [5, 5.41) is 0.605. The number of halogens is 3. The summed E-state index contributed by atoms with van der Waals surface area (Å²) in [7, 11) is -3.65. The van der Waals surface area contributed by atoms with E-state index in [0.717, 1.165) is 17.6 Å². The van der Waals surface area contributed by atoms with Crippen molar-refractivity contribution in [3.63, 3.8) is 0 Å². The zero-order chi connectivity index (χ0) is 25.2.